The maximum absolute atomic E-state index is 12.0. The first-order valence-electron chi connectivity index (χ1n) is 5.80. The van der Waals surface area contributed by atoms with E-state index in [1.54, 1.807) is 4.90 Å². The zero-order valence-electron chi connectivity index (χ0n) is 9.19. The molecular formula is C11H21NO3. The quantitative estimate of drug-likeness (QED) is 0.697. The first-order valence-corrected chi connectivity index (χ1v) is 5.80. The lowest BCUT2D eigenvalue weighted by atomic mass is 9.88. The van der Waals surface area contributed by atoms with Crippen molar-refractivity contribution in [1.29, 1.82) is 0 Å². The Balaban J connectivity index is 2.45. The molecule has 1 saturated carbocycles. The van der Waals surface area contributed by atoms with Crippen molar-refractivity contribution in [3.63, 3.8) is 0 Å². The van der Waals surface area contributed by atoms with Crippen LogP contribution in [0.1, 0.15) is 32.1 Å². The second kappa shape index (κ2) is 6.80. The molecule has 0 spiro atoms. The first-order chi connectivity index (χ1) is 7.29. The highest BCUT2D eigenvalue weighted by atomic mass is 16.3. The summed E-state index contributed by atoms with van der Waals surface area (Å²) in [6.45, 7) is 0.628. The van der Waals surface area contributed by atoms with Crippen LogP contribution in [0.2, 0.25) is 0 Å². The molecule has 0 heterocycles. The van der Waals surface area contributed by atoms with Gasteiger partial charge in [0.05, 0.1) is 13.2 Å². The fourth-order valence-electron chi connectivity index (χ4n) is 2.18. The summed E-state index contributed by atoms with van der Waals surface area (Å²) in [5, 5.41) is 17.7. The smallest absolute Gasteiger partial charge is 0.225 e. The highest BCUT2D eigenvalue weighted by molar-refractivity contribution is 5.78. The van der Waals surface area contributed by atoms with Crippen molar-refractivity contribution in [2.45, 2.75) is 32.1 Å². The van der Waals surface area contributed by atoms with E-state index in [1.807, 2.05) is 0 Å². The molecule has 1 fully saturated rings. The molecule has 0 radical (unpaired) electrons. The molecule has 0 aromatic rings. The van der Waals surface area contributed by atoms with Crippen LogP contribution in [0.4, 0.5) is 0 Å². The van der Waals surface area contributed by atoms with E-state index in [0.717, 1.165) is 25.7 Å². The summed E-state index contributed by atoms with van der Waals surface area (Å²) in [5.74, 6) is 0.231. The number of carbonyl (C=O) groups excluding carboxylic acids is 1. The van der Waals surface area contributed by atoms with Gasteiger partial charge < -0.3 is 15.1 Å². The molecule has 88 valence electrons. The molecule has 4 heteroatoms. The maximum atomic E-state index is 12.0. The van der Waals surface area contributed by atoms with Gasteiger partial charge in [-0.3, -0.25) is 4.79 Å². The second-order valence-electron chi connectivity index (χ2n) is 4.11. The molecule has 2 N–H and O–H groups in total. The minimum Gasteiger partial charge on any atom is -0.395 e. The van der Waals surface area contributed by atoms with Gasteiger partial charge in [0.2, 0.25) is 5.91 Å². The highest BCUT2D eigenvalue weighted by Gasteiger charge is 2.25. The molecule has 1 amide bonds. The molecule has 0 bridgehead atoms. The van der Waals surface area contributed by atoms with Gasteiger partial charge in [-0.2, -0.15) is 0 Å². The molecule has 15 heavy (non-hydrogen) atoms. The van der Waals surface area contributed by atoms with Gasteiger partial charge in [-0.15, -0.1) is 0 Å². The minimum atomic E-state index is -0.0293. The van der Waals surface area contributed by atoms with Gasteiger partial charge in [-0.05, 0) is 12.8 Å². The number of nitrogens with zero attached hydrogens (tertiary/aromatic N) is 1. The predicted molar refractivity (Wildman–Crippen MR) is 57.3 cm³/mol. The Hall–Kier alpha value is -0.610. The summed E-state index contributed by atoms with van der Waals surface area (Å²) >= 11 is 0. The molecule has 0 aromatic heterocycles. The Morgan fingerprint density at radius 2 is 1.60 bits per heavy atom. The molecule has 1 aliphatic carbocycles. The lowest BCUT2D eigenvalue weighted by Gasteiger charge is -2.28. The van der Waals surface area contributed by atoms with Crippen molar-refractivity contribution in [2.24, 2.45) is 5.92 Å². The van der Waals surface area contributed by atoms with E-state index in [0.29, 0.717) is 13.1 Å². The van der Waals surface area contributed by atoms with Crippen molar-refractivity contribution >= 4 is 5.91 Å². The van der Waals surface area contributed by atoms with Crippen LogP contribution in [0.25, 0.3) is 0 Å². The summed E-state index contributed by atoms with van der Waals surface area (Å²) in [5.41, 5.74) is 0. The normalized spacial score (nSPS) is 17.7. The molecule has 0 unspecified atom stereocenters. The topological polar surface area (TPSA) is 60.8 Å². The van der Waals surface area contributed by atoms with Crippen molar-refractivity contribution < 1.29 is 15.0 Å². The van der Waals surface area contributed by atoms with Crippen LogP contribution >= 0.6 is 0 Å². The van der Waals surface area contributed by atoms with Crippen molar-refractivity contribution in [1.82, 2.24) is 4.90 Å². The fourth-order valence-corrected chi connectivity index (χ4v) is 2.18. The lowest BCUT2D eigenvalue weighted by Crippen LogP contribution is -2.40. The van der Waals surface area contributed by atoms with Gasteiger partial charge in [0.25, 0.3) is 0 Å². The minimum absolute atomic E-state index is 0.0293. The van der Waals surface area contributed by atoms with Crippen LogP contribution in [0, 0.1) is 5.92 Å². The van der Waals surface area contributed by atoms with E-state index >= 15 is 0 Å². The van der Waals surface area contributed by atoms with Gasteiger partial charge >= 0.3 is 0 Å². The number of rotatable bonds is 5. The number of hydrogen-bond acceptors (Lipinski definition) is 3. The monoisotopic (exact) mass is 215 g/mol. The zero-order chi connectivity index (χ0) is 11.1. The van der Waals surface area contributed by atoms with Crippen LogP contribution in [-0.2, 0) is 4.79 Å². The van der Waals surface area contributed by atoms with Crippen LogP contribution in [0.15, 0.2) is 0 Å². The van der Waals surface area contributed by atoms with Crippen LogP contribution in [0.3, 0.4) is 0 Å². The number of amides is 1. The van der Waals surface area contributed by atoms with Crippen molar-refractivity contribution in [2.75, 3.05) is 26.3 Å². The third kappa shape index (κ3) is 3.80. The summed E-state index contributed by atoms with van der Waals surface area (Å²) in [6.07, 6.45) is 5.41. The number of carbonyl (C=O) groups is 1. The fraction of sp³-hybridized carbons (Fsp3) is 0.909. The van der Waals surface area contributed by atoms with Gasteiger partial charge in [0.1, 0.15) is 0 Å². The van der Waals surface area contributed by atoms with E-state index < -0.39 is 0 Å². The maximum Gasteiger partial charge on any atom is 0.225 e. The highest BCUT2D eigenvalue weighted by Crippen LogP contribution is 2.25. The van der Waals surface area contributed by atoms with Crippen LogP contribution < -0.4 is 0 Å². The Bertz CT molecular complexity index is 184. The first kappa shape index (κ1) is 12.5. The Kier molecular flexibility index (Phi) is 5.65. The average Bonchev–Trinajstić information content (AvgIpc) is 2.29. The van der Waals surface area contributed by atoms with E-state index in [-0.39, 0.29) is 25.0 Å². The van der Waals surface area contributed by atoms with Crippen molar-refractivity contribution in [3.8, 4) is 0 Å². The molecule has 1 rings (SSSR count). The predicted octanol–water partition coefficient (Wildman–Crippen LogP) is 0.380. The number of aliphatic hydroxyl groups is 2. The van der Waals surface area contributed by atoms with Gasteiger partial charge in [-0.1, -0.05) is 19.3 Å². The van der Waals surface area contributed by atoms with Crippen molar-refractivity contribution in [3.05, 3.63) is 0 Å². The van der Waals surface area contributed by atoms with E-state index in [9.17, 15) is 4.79 Å². The Morgan fingerprint density at radius 1 is 1.07 bits per heavy atom. The molecule has 0 aliphatic heterocycles. The van der Waals surface area contributed by atoms with Gasteiger partial charge in [0.15, 0.2) is 0 Å². The number of aliphatic hydroxyl groups excluding tert-OH is 2. The third-order valence-electron chi connectivity index (χ3n) is 3.01. The molecular weight excluding hydrogens is 194 g/mol. The van der Waals surface area contributed by atoms with E-state index in [2.05, 4.69) is 0 Å². The average molecular weight is 215 g/mol. The molecule has 4 nitrogen and oxygen atoms in total. The molecule has 0 saturated heterocycles. The molecule has 1 aliphatic rings. The van der Waals surface area contributed by atoms with E-state index in [1.165, 1.54) is 6.42 Å². The lowest BCUT2D eigenvalue weighted by molar-refractivity contribution is -0.137. The Morgan fingerprint density at radius 3 is 2.07 bits per heavy atom. The largest absolute Gasteiger partial charge is 0.395 e. The molecule has 0 atom stereocenters. The third-order valence-corrected chi connectivity index (χ3v) is 3.01. The summed E-state index contributed by atoms with van der Waals surface area (Å²) in [7, 11) is 0. The van der Waals surface area contributed by atoms with Crippen LogP contribution in [0.5, 0.6) is 0 Å². The summed E-state index contributed by atoms with van der Waals surface area (Å²) in [6, 6.07) is 0. The summed E-state index contributed by atoms with van der Waals surface area (Å²) < 4.78 is 0. The Labute approximate surface area is 90.9 Å². The molecule has 0 aromatic carbocycles. The SMILES string of the molecule is O=C(C1CCCCC1)N(CCO)CCO. The summed E-state index contributed by atoms with van der Waals surface area (Å²) in [4.78, 5) is 13.6. The second-order valence-corrected chi connectivity index (χ2v) is 4.11. The number of hydrogen-bond donors (Lipinski definition) is 2. The van der Waals surface area contributed by atoms with Gasteiger partial charge in [0, 0.05) is 19.0 Å². The standard InChI is InChI=1S/C11H21NO3/c13-8-6-12(7-9-14)11(15)10-4-2-1-3-5-10/h10,13-14H,1-9H2. The van der Waals surface area contributed by atoms with Crippen LogP contribution in [-0.4, -0.2) is 47.3 Å². The van der Waals surface area contributed by atoms with E-state index in [4.69, 9.17) is 10.2 Å². The zero-order valence-corrected chi connectivity index (χ0v) is 9.19. The van der Waals surface area contributed by atoms with Gasteiger partial charge in [-0.25, -0.2) is 0 Å².